The molecular weight excluding hydrogens is 344 g/mol. The smallest absolute Gasteiger partial charge is 0.122 e. The number of hydrogen-bond donors (Lipinski definition) is 0. The Bertz CT molecular complexity index is 376. The molecule has 96 valence electrons. The highest BCUT2D eigenvalue weighted by Gasteiger charge is 2.28. The number of rotatable bonds is 5. The van der Waals surface area contributed by atoms with Gasteiger partial charge in [-0.05, 0) is 41.5 Å². The summed E-state index contributed by atoms with van der Waals surface area (Å²) in [6.07, 6.45) is 1.01. The fourth-order valence-electron chi connectivity index (χ4n) is 1.73. The maximum Gasteiger partial charge on any atom is 0.122 e. The molecule has 1 aromatic rings. The van der Waals surface area contributed by atoms with Gasteiger partial charge in [-0.15, -0.1) is 0 Å². The zero-order chi connectivity index (χ0) is 13.1. The van der Waals surface area contributed by atoms with Crippen LogP contribution in [0.1, 0.15) is 26.3 Å². The summed E-state index contributed by atoms with van der Waals surface area (Å²) in [4.78, 5) is 0. The Balaban J connectivity index is 3.04. The lowest BCUT2D eigenvalue weighted by atomic mass is 9.76. The largest absolute Gasteiger partial charge is 0.496 e. The minimum absolute atomic E-state index is 0.244. The van der Waals surface area contributed by atoms with E-state index in [4.69, 9.17) is 4.74 Å². The normalized spacial score (nSPS) is 14.8. The summed E-state index contributed by atoms with van der Waals surface area (Å²) in [5.74, 6) is 1.59. The Morgan fingerprint density at radius 3 is 2.47 bits per heavy atom. The molecule has 0 amide bonds. The fraction of sp³-hybridized carbons (Fsp3) is 0.571. The van der Waals surface area contributed by atoms with Crippen LogP contribution in [0.2, 0.25) is 0 Å². The van der Waals surface area contributed by atoms with Gasteiger partial charge in [0, 0.05) is 9.80 Å². The molecule has 1 nitrogen and oxygen atoms in total. The third-order valence-electron chi connectivity index (χ3n) is 3.54. The number of ether oxygens (including phenoxy) is 1. The predicted molar refractivity (Wildman–Crippen MR) is 81.1 cm³/mol. The van der Waals surface area contributed by atoms with E-state index in [0.29, 0.717) is 5.92 Å². The van der Waals surface area contributed by atoms with Crippen molar-refractivity contribution in [3.8, 4) is 5.75 Å². The predicted octanol–water partition coefficient (Wildman–Crippen LogP) is 5.06. The Hall–Kier alpha value is -0.0200. The van der Waals surface area contributed by atoms with Crippen molar-refractivity contribution in [3.63, 3.8) is 0 Å². The zero-order valence-corrected chi connectivity index (χ0v) is 14.1. The van der Waals surface area contributed by atoms with Crippen LogP contribution in [0.5, 0.6) is 5.75 Å². The van der Waals surface area contributed by atoms with E-state index in [0.717, 1.165) is 22.0 Å². The summed E-state index contributed by atoms with van der Waals surface area (Å²) in [6.45, 7) is 6.85. The lowest BCUT2D eigenvalue weighted by Crippen LogP contribution is -2.28. The van der Waals surface area contributed by atoms with E-state index in [1.54, 1.807) is 7.11 Å². The topological polar surface area (TPSA) is 9.23 Å². The molecule has 0 saturated heterocycles. The summed E-state index contributed by atoms with van der Waals surface area (Å²) in [7, 11) is 1.73. The van der Waals surface area contributed by atoms with Gasteiger partial charge in [0.25, 0.3) is 0 Å². The molecule has 1 atom stereocenters. The number of halogens is 2. The molecule has 1 rings (SSSR count). The Morgan fingerprint density at radius 1 is 1.35 bits per heavy atom. The molecule has 0 aliphatic heterocycles. The number of hydrogen-bond acceptors (Lipinski definition) is 1. The van der Waals surface area contributed by atoms with Gasteiger partial charge in [-0.3, -0.25) is 0 Å². The summed E-state index contributed by atoms with van der Waals surface area (Å²) < 4.78 is 6.54. The van der Waals surface area contributed by atoms with E-state index >= 15 is 0 Å². The highest BCUT2D eigenvalue weighted by atomic mass is 79.9. The van der Waals surface area contributed by atoms with Crippen molar-refractivity contribution in [2.24, 2.45) is 11.3 Å². The zero-order valence-electron chi connectivity index (χ0n) is 10.9. The second-order valence-electron chi connectivity index (χ2n) is 5.08. The highest BCUT2D eigenvalue weighted by Crippen LogP contribution is 2.36. The van der Waals surface area contributed by atoms with Gasteiger partial charge < -0.3 is 4.74 Å². The van der Waals surface area contributed by atoms with Crippen LogP contribution in [0.25, 0.3) is 0 Å². The van der Waals surface area contributed by atoms with Crippen LogP contribution in [0.15, 0.2) is 22.7 Å². The minimum atomic E-state index is 0.244. The van der Waals surface area contributed by atoms with Crippen molar-refractivity contribution in [2.45, 2.75) is 27.2 Å². The second kappa shape index (κ2) is 6.24. The Labute approximate surface area is 121 Å². The molecule has 17 heavy (non-hydrogen) atoms. The molecule has 0 N–H and O–H groups in total. The first-order valence-electron chi connectivity index (χ1n) is 5.81. The van der Waals surface area contributed by atoms with E-state index < -0.39 is 0 Å². The lowest BCUT2D eigenvalue weighted by molar-refractivity contribution is 0.254. The first-order chi connectivity index (χ1) is 7.92. The fourth-order valence-corrected chi connectivity index (χ4v) is 2.98. The highest BCUT2D eigenvalue weighted by molar-refractivity contribution is 9.10. The van der Waals surface area contributed by atoms with Crippen LogP contribution in [0.3, 0.4) is 0 Å². The second-order valence-corrected chi connectivity index (χ2v) is 6.55. The third kappa shape index (κ3) is 3.72. The molecule has 1 unspecified atom stereocenters. The van der Waals surface area contributed by atoms with Crippen LogP contribution in [-0.4, -0.2) is 12.4 Å². The van der Waals surface area contributed by atoms with Crippen LogP contribution in [0.4, 0.5) is 0 Å². The molecule has 3 heteroatoms. The molecule has 0 aromatic heterocycles. The molecule has 0 saturated carbocycles. The monoisotopic (exact) mass is 362 g/mol. The molecule has 0 fully saturated rings. The summed E-state index contributed by atoms with van der Waals surface area (Å²) in [6, 6.07) is 6.19. The molecule has 0 aliphatic rings. The summed E-state index contributed by atoms with van der Waals surface area (Å²) in [5, 5.41) is 0.993. The van der Waals surface area contributed by atoms with Crippen molar-refractivity contribution in [1.29, 1.82) is 0 Å². The standard InChI is InChI=1S/C14H20Br2O/c1-10(2)14(3,9-15)8-11-7-12(16)5-6-13(11)17-4/h5-7,10H,8-9H2,1-4H3. The first kappa shape index (κ1) is 15.0. The van der Waals surface area contributed by atoms with Gasteiger partial charge in [0.15, 0.2) is 0 Å². The average Bonchev–Trinajstić information content (AvgIpc) is 2.29. The molecule has 0 heterocycles. The van der Waals surface area contributed by atoms with Crippen molar-refractivity contribution in [2.75, 3.05) is 12.4 Å². The van der Waals surface area contributed by atoms with Crippen LogP contribution in [0, 0.1) is 11.3 Å². The van der Waals surface area contributed by atoms with E-state index in [-0.39, 0.29) is 5.41 Å². The van der Waals surface area contributed by atoms with Gasteiger partial charge >= 0.3 is 0 Å². The summed E-state index contributed by atoms with van der Waals surface area (Å²) in [5.41, 5.74) is 1.51. The molecule has 0 bridgehead atoms. The van der Waals surface area contributed by atoms with Gasteiger partial charge in [0.1, 0.15) is 5.75 Å². The van der Waals surface area contributed by atoms with Crippen molar-refractivity contribution in [3.05, 3.63) is 28.2 Å². The first-order valence-corrected chi connectivity index (χ1v) is 7.73. The maximum absolute atomic E-state index is 5.43. The molecular formula is C14H20Br2O. The van der Waals surface area contributed by atoms with E-state index in [9.17, 15) is 0 Å². The van der Waals surface area contributed by atoms with Gasteiger partial charge in [-0.25, -0.2) is 0 Å². The number of alkyl halides is 1. The van der Waals surface area contributed by atoms with Crippen LogP contribution in [-0.2, 0) is 6.42 Å². The van der Waals surface area contributed by atoms with Gasteiger partial charge in [0.2, 0.25) is 0 Å². The van der Waals surface area contributed by atoms with Crippen molar-refractivity contribution < 1.29 is 4.74 Å². The van der Waals surface area contributed by atoms with Gasteiger partial charge in [-0.1, -0.05) is 52.6 Å². The molecule has 0 aliphatic carbocycles. The lowest BCUT2D eigenvalue weighted by Gasteiger charge is -2.32. The number of methoxy groups -OCH3 is 1. The molecule has 1 aromatic carbocycles. The SMILES string of the molecule is COc1ccc(Br)cc1CC(C)(CBr)C(C)C. The molecule has 0 spiro atoms. The quantitative estimate of drug-likeness (QED) is 0.664. The minimum Gasteiger partial charge on any atom is -0.496 e. The maximum atomic E-state index is 5.43. The third-order valence-corrected chi connectivity index (χ3v) is 5.31. The summed E-state index contributed by atoms with van der Waals surface area (Å²) >= 11 is 7.17. The van der Waals surface area contributed by atoms with Crippen LogP contribution >= 0.6 is 31.9 Å². The van der Waals surface area contributed by atoms with Crippen molar-refractivity contribution >= 4 is 31.9 Å². The van der Waals surface area contributed by atoms with Crippen molar-refractivity contribution in [1.82, 2.24) is 0 Å². The van der Waals surface area contributed by atoms with Crippen LogP contribution < -0.4 is 4.74 Å². The van der Waals surface area contributed by atoms with Gasteiger partial charge in [0.05, 0.1) is 7.11 Å². The van der Waals surface area contributed by atoms with Gasteiger partial charge in [-0.2, -0.15) is 0 Å². The van der Waals surface area contributed by atoms with E-state index in [1.165, 1.54) is 5.56 Å². The average molecular weight is 364 g/mol. The molecule has 0 radical (unpaired) electrons. The number of benzene rings is 1. The van der Waals surface area contributed by atoms with E-state index in [2.05, 4.69) is 58.7 Å². The Morgan fingerprint density at radius 2 is 2.00 bits per heavy atom. The van der Waals surface area contributed by atoms with E-state index in [1.807, 2.05) is 12.1 Å². The Kier molecular flexibility index (Phi) is 5.52.